The van der Waals surface area contributed by atoms with Gasteiger partial charge in [0, 0.05) is 34.3 Å². The first kappa shape index (κ1) is 22.1. The number of halogens is 2. The van der Waals surface area contributed by atoms with E-state index in [9.17, 15) is 13.2 Å². The number of aromatic amines is 1. The number of sulfone groups is 1. The molecule has 0 bridgehead atoms. The quantitative estimate of drug-likeness (QED) is 0.378. The first-order valence-electron chi connectivity index (χ1n) is 9.43. The molecule has 162 valence electrons. The van der Waals surface area contributed by atoms with E-state index in [0.29, 0.717) is 43.7 Å². The lowest BCUT2D eigenvalue weighted by Crippen LogP contribution is -2.14. The molecule has 0 radical (unpaired) electrons. The van der Waals surface area contributed by atoms with Gasteiger partial charge in [0.25, 0.3) is 5.91 Å². The van der Waals surface area contributed by atoms with Gasteiger partial charge in [0.2, 0.25) is 0 Å². The fraction of sp³-hybridized carbons (Fsp3) is 0.0435. The van der Waals surface area contributed by atoms with Gasteiger partial charge in [-0.2, -0.15) is 5.10 Å². The average Bonchev–Trinajstić information content (AvgIpc) is 3.28. The maximum atomic E-state index is 13.2. The zero-order chi connectivity index (χ0) is 22.9. The summed E-state index contributed by atoms with van der Waals surface area (Å²) in [5, 5.41) is 10.6. The number of anilines is 1. The smallest absolute Gasteiger partial charge is 0.256 e. The van der Waals surface area contributed by atoms with Gasteiger partial charge in [0.15, 0.2) is 9.84 Å². The summed E-state index contributed by atoms with van der Waals surface area (Å²) in [4.78, 5) is 13.3. The fourth-order valence-corrected chi connectivity index (χ4v) is 4.32. The zero-order valence-corrected chi connectivity index (χ0v) is 19.1. The van der Waals surface area contributed by atoms with Crippen molar-refractivity contribution in [3.05, 3.63) is 88.5 Å². The molecule has 0 unspecified atom stereocenters. The Labute approximate surface area is 195 Å². The molecule has 0 saturated heterocycles. The number of rotatable bonds is 5. The number of nitrogens with zero attached hydrogens (tertiary/aromatic N) is 1. The maximum Gasteiger partial charge on any atom is 0.256 e. The Morgan fingerprint density at radius 3 is 2.47 bits per heavy atom. The molecule has 3 aromatic carbocycles. The minimum absolute atomic E-state index is 0.108. The van der Waals surface area contributed by atoms with Gasteiger partial charge < -0.3 is 5.32 Å². The van der Waals surface area contributed by atoms with Gasteiger partial charge in [-0.25, -0.2) is 8.42 Å². The molecule has 0 atom stereocenters. The van der Waals surface area contributed by atoms with E-state index in [1.165, 1.54) is 18.2 Å². The molecule has 0 aliphatic heterocycles. The molecule has 6 nitrogen and oxygen atoms in total. The summed E-state index contributed by atoms with van der Waals surface area (Å²) in [6, 6.07) is 18.1. The normalized spacial score (nSPS) is 11.3. The second-order valence-corrected chi connectivity index (χ2v) is 9.97. The molecule has 0 spiro atoms. The summed E-state index contributed by atoms with van der Waals surface area (Å²) in [7, 11) is -3.47. The first-order valence-corrected chi connectivity index (χ1v) is 12.1. The highest BCUT2D eigenvalue weighted by Gasteiger charge is 2.18. The molecule has 0 aliphatic rings. The first-order chi connectivity index (χ1) is 15.2. The van der Waals surface area contributed by atoms with Gasteiger partial charge in [-0.1, -0.05) is 35.3 Å². The lowest BCUT2D eigenvalue weighted by Gasteiger charge is -2.13. The minimum atomic E-state index is -3.47. The number of benzene rings is 3. The van der Waals surface area contributed by atoms with Crippen molar-refractivity contribution in [1.82, 2.24) is 10.2 Å². The number of amides is 1. The summed E-state index contributed by atoms with van der Waals surface area (Å²) >= 11 is 12.4. The number of H-pyrrole nitrogens is 1. The molecule has 0 fully saturated rings. The Bertz CT molecular complexity index is 1420. The summed E-state index contributed by atoms with van der Waals surface area (Å²) in [5.74, 6) is -0.405. The Hall–Kier alpha value is -3.13. The standard InChI is InChI=1S/C23H17Cl2N3O3S/c1-32(30,31)17-6-7-18(19(13-17)14-3-2-4-15(24)11-14)23(29)27-16-5-8-21(25)20(12-16)22-9-10-26-28-22/h2-13H,1H3,(H,26,28)(H,27,29). The van der Waals surface area contributed by atoms with Gasteiger partial charge in [0.05, 0.1) is 15.6 Å². The molecule has 32 heavy (non-hydrogen) atoms. The summed E-state index contributed by atoms with van der Waals surface area (Å²) in [5.41, 5.74) is 3.30. The van der Waals surface area contributed by atoms with E-state index in [1.54, 1.807) is 54.7 Å². The SMILES string of the molecule is CS(=O)(=O)c1ccc(C(=O)Nc2ccc(Cl)c(-c3ccn[nH]3)c2)c(-c2cccc(Cl)c2)c1. The second-order valence-electron chi connectivity index (χ2n) is 7.11. The predicted octanol–water partition coefficient (Wildman–Crippen LogP) is 5.71. The van der Waals surface area contributed by atoms with Gasteiger partial charge in [-0.15, -0.1) is 0 Å². The van der Waals surface area contributed by atoms with Crippen molar-refractivity contribution in [2.45, 2.75) is 4.90 Å². The minimum Gasteiger partial charge on any atom is -0.322 e. The number of nitrogens with one attached hydrogen (secondary N) is 2. The zero-order valence-electron chi connectivity index (χ0n) is 16.8. The number of carbonyl (C=O) groups is 1. The second kappa shape index (κ2) is 8.78. The van der Waals surface area contributed by atoms with Crippen LogP contribution in [0.1, 0.15) is 10.4 Å². The predicted molar refractivity (Wildman–Crippen MR) is 127 cm³/mol. The fourth-order valence-electron chi connectivity index (χ4n) is 3.26. The van der Waals surface area contributed by atoms with Gasteiger partial charge in [0.1, 0.15) is 0 Å². The van der Waals surface area contributed by atoms with Crippen LogP contribution in [0.15, 0.2) is 77.8 Å². The summed E-state index contributed by atoms with van der Waals surface area (Å²) in [6.07, 6.45) is 2.73. The molecule has 2 N–H and O–H groups in total. The highest BCUT2D eigenvalue weighted by Crippen LogP contribution is 2.32. The van der Waals surface area contributed by atoms with E-state index in [2.05, 4.69) is 15.5 Å². The molecule has 0 aliphatic carbocycles. The van der Waals surface area contributed by atoms with Gasteiger partial charge >= 0.3 is 0 Å². The average molecular weight is 486 g/mol. The Morgan fingerprint density at radius 1 is 0.969 bits per heavy atom. The molecule has 4 rings (SSSR count). The molecule has 1 aromatic heterocycles. The van der Waals surface area contributed by atoms with Crippen LogP contribution in [-0.2, 0) is 9.84 Å². The molecule has 1 amide bonds. The number of hydrogen-bond acceptors (Lipinski definition) is 4. The highest BCUT2D eigenvalue weighted by molar-refractivity contribution is 7.90. The van der Waals surface area contributed by atoms with E-state index in [1.807, 2.05) is 0 Å². The Balaban J connectivity index is 1.75. The summed E-state index contributed by atoms with van der Waals surface area (Å²) in [6.45, 7) is 0. The Kier molecular flexibility index (Phi) is 6.06. The van der Waals surface area contributed by atoms with Crippen LogP contribution in [0.4, 0.5) is 5.69 Å². The monoisotopic (exact) mass is 485 g/mol. The van der Waals surface area contributed by atoms with Crippen molar-refractivity contribution >= 4 is 44.6 Å². The number of carbonyl (C=O) groups excluding carboxylic acids is 1. The van der Waals surface area contributed by atoms with Crippen LogP contribution in [0.25, 0.3) is 22.4 Å². The van der Waals surface area contributed by atoms with E-state index in [-0.39, 0.29) is 4.90 Å². The lowest BCUT2D eigenvalue weighted by molar-refractivity contribution is 0.102. The molecule has 0 saturated carbocycles. The Morgan fingerprint density at radius 2 is 1.78 bits per heavy atom. The molecular formula is C23H17Cl2N3O3S. The van der Waals surface area contributed by atoms with Crippen LogP contribution in [0.2, 0.25) is 10.0 Å². The third kappa shape index (κ3) is 4.70. The van der Waals surface area contributed by atoms with Crippen LogP contribution in [-0.4, -0.2) is 30.8 Å². The maximum absolute atomic E-state index is 13.2. The van der Waals surface area contributed by atoms with Crippen LogP contribution < -0.4 is 5.32 Å². The van der Waals surface area contributed by atoms with Crippen LogP contribution in [0, 0.1) is 0 Å². The highest BCUT2D eigenvalue weighted by atomic mass is 35.5. The molecule has 9 heteroatoms. The van der Waals surface area contributed by atoms with Crippen LogP contribution in [0.3, 0.4) is 0 Å². The van der Waals surface area contributed by atoms with Crippen molar-refractivity contribution in [2.75, 3.05) is 11.6 Å². The van der Waals surface area contributed by atoms with Crippen LogP contribution >= 0.6 is 23.2 Å². The summed E-state index contributed by atoms with van der Waals surface area (Å²) < 4.78 is 24.2. The van der Waals surface area contributed by atoms with E-state index < -0.39 is 15.7 Å². The number of aromatic nitrogens is 2. The van der Waals surface area contributed by atoms with Crippen molar-refractivity contribution < 1.29 is 13.2 Å². The molecule has 1 heterocycles. The van der Waals surface area contributed by atoms with E-state index in [4.69, 9.17) is 23.2 Å². The number of hydrogen-bond donors (Lipinski definition) is 2. The van der Waals surface area contributed by atoms with Crippen LogP contribution in [0.5, 0.6) is 0 Å². The topological polar surface area (TPSA) is 91.9 Å². The van der Waals surface area contributed by atoms with Crippen molar-refractivity contribution in [2.24, 2.45) is 0 Å². The van der Waals surface area contributed by atoms with E-state index in [0.717, 1.165) is 6.26 Å². The third-order valence-electron chi connectivity index (χ3n) is 4.81. The lowest BCUT2D eigenvalue weighted by atomic mass is 9.99. The van der Waals surface area contributed by atoms with Crippen molar-refractivity contribution in [3.8, 4) is 22.4 Å². The van der Waals surface area contributed by atoms with Crippen molar-refractivity contribution in [3.63, 3.8) is 0 Å². The van der Waals surface area contributed by atoms with Crippen molar-refractivity contribution in [1.29, 1.82) is 0 Å². The third-order valence-corrected chi connectivity index (χ3v) is 6.49. The molecular weight excluding hydrogens is 469 g/mol. The van der Waals surface area contributed by atoms with E-state index >= 15 is 0 Å². The van der Waals surface area contributed by atoms with Gasteiger partial charge in [-0.3, -0.25) is 9.89 Å². The largest absolute Gasteiger partial charge is 0.322 e. The van der Waals surface area contributed by atoms with Gasteiger partial charge in [-0.05, 0) is 65.7 Å². The molecule has 4 aromatic rings.